The zero-order valence-corrected chi connectivity index (χ0v) is 14.1. The summed E-state index contributed by atoms with van der Waals surface area (Å²) in [7, 11) is 0. The molecule has 0 aromatic carbocycles. The molecule has 0 aliphatic heterocycles. The predicted molar refractivity (Wildman–Crippen MR) is 0.686 cm³/mol. The fourth-order valence-electron chi connectivity index (χ4n) is 0. The maximum atomic E-state index is 8.31. The molecule has 2 radical (unpaired) electrons. The molecule has 0 aliphatic rings. The fourth-order valence-corrected chi connectivity index (χ4v) is 0. The van der Waals surface area contributed by atoms with Crippen LogP contribution in [0.1, 0.15) is 0 Å². The molecular weight excluding hydrogens is 433 g/mol. The van der Waals surface area contributed by atoms with Crippen molar-refractivity contribution in [3.63, 3.8) is 0 Å². The van der Waals surface area contributed by atoms with Gasteiger partial charge in [0.2, 0.25) is 0 Å². The maximum absolute atomic E-state index is 8.31. The molecular formula is LaNdOScY. The Balaban J connectivity index is -0.00000000167. The third kappa shape index (κ3) is 17.8. The zero-order valence-electron chi connectivity index (χ0n) is 2.64. The first-order valence-corrected chi connectivity index (χ1v) is 0.972. The molecule has 0 aromatic heterocycles. The van der Waals surface area contributed by atoms with E-state index < -0.39 is 0 Å². The van der Waals surface area contributed by atoms with Crippen molar-refractivity contribution in [1.29, 1.82) is 0 Å². The van der Waals surface area contributed by atoms with Crippen molar-refractivity contribution in [2.24, 2.45) is 0 Å². The smallest absolute Gasteiger partial charge is 0 e. The number of rotatable bonds is 0. The molecule has 0 atom stereocenters. The maximum Gasteiger partial charge on any atom is 0 e. The van der Waals surface area contributed by atoms with Crippen molar-refractivity contribution in [2.45, 2.75) is 0 Å². The fraction of sp³-hybridized carbons (Fsp3) is 0. The molecule has 0 aromatic rings. The molecule has 0 aliphatic carbocycles. The summed E-state index contributed by atoms with van der Waals surface area (Å²) in [5.41, 5.74) is 0. The summed E-state index contributed by atoms with van der Waals surface area (Å²) in [6.45, 7) is 0. The van der Waals surface area contributed by atoms with Gasteiger partial charge in [-0.25, -0.2) is 0 Å². The molecule has 0 N–H and O–H groups in total. The van der Waals surface area contributed by atoms with Gasteiger partial charge in [0.25, 0.3) is 0 Å². The Hall–Kier alpha value is 4.32. The Morgan fingerprint density at radius 3 is 1.20 bits per heavy atom. The average molecular weight is 433 g/mol. The van der Waals surface area contributed by atoms with Crippen LogP contribution in [0.4, 0.5) is 0 Å². The summed E-state index contributed by atoms with van der Waals surface area (Å²) >= 11 is 0.438. The van der Waals surface area contributed by atoms with Crippen molar-refractivity contribution in [3.8, 4) is 0 Å². The second-order valence-corrected chi connectivity index (χ2v) is 0. The van der Waals surface area contributed by atoms with Gasteiger partial charge in [0, 0.05) is 109 Å². The SMILES string of the molecule is [La].[Nd].[O]=[Sc].[Y]. The Labute approximate surface area is 132 Å². The quantitative estimate of drug-likeness (QED) is 0.521. The largest absolute Gasteiger partial charge is 0 e. The van der Waals surface area contributed by atoms with E-state index >= 15 is 0 Å². The molecule has 0 saturated carbocycles. The summed E-state index contributed by atoms with van der Waals surface area (Å²) in [6, 6.07) is 0. The third-order valence-electron chi connectivity index (χ3n) is 0. The minimum absolute atomic E-state index is 0. The zero-order chi connectivity index (χ0) is 2.00. The Bertz CT molecular complexity index is 11.6. The van der Waals surface area contributed by atoms with Crippen molar-refractivity contribution in [2.75, 3.05) is 0 Å². The second-order valence-electron chi connectivity index (χ2n) is 0. The van der Waals surface area contributed by atoms with E-state index in [2.05, 4.69) is 0 Å². The van der Waals surface area contributed by atoms with E-state index in [1.54, 1.807) is 0 Å². The van der Waals surface area contributed by atoms with Gasteiger partial charge in [-0.1, -0.05) is 0 Å². The summed E-state index contributed by atoms with van der Waals surface area (Å²) < 4.78 is 8.31. The minimum Gasteiger partial charge on any atom is 0 e. The molecule has 19 valence electrons. The number of hydrogen-bond donors (Lipinski definition) is 0. The molecule has 0 heterocycles. The predicted octanol–water partition coefficient (Wildman–Crippen LogP) is -0.124. The van der Waals surface area contributed by atoms with E-state index in [-0.39, 0.29) is 109 Å². The van der Waals surface area contributed by atoms with Gasteiger partial charge in [-0.15, -0.1) is 0 Å². The van der Waals surface area contributed by atoms with E-state index in [0.29, 0.717) is 24.4 Å². The third-order valence-corrected chi connectivity index (χ3v) is 0. The van der Waals surface area contributed by atoms with Crippen LogP contribution < -0.4 is 0 Å². The first-order valence-electron chi connectivity index (χ1n) is 0.236. The van der Waals surface area contributed by atoms with Gasteiger partial charge in [-0.2, -0.15) is 0 Å². The summed E-state index contributed by atoms with van der Waals surface area (Å²) in [5, 5.41) is 0. The molecule has 0 spiro atoms. The van der Waals surface area contributed by atoms with Gasteiger partial charge in [0.15, 0.2) is 0 Å². The van der Waals surface area contributed by atoms with E-state index in [9.17, 15) is 0 Å². The monoisotopic (exact) mass is 431 g/mol. The van der Waals surface area contributed by atoms with Crippen LogP contribution in [-0.4, -0.2) is 0 Å². The van der Waals surface area contributed by atoms with Crippen LogP contribution in [0, 0.1) is 76.4 Å². The molecule has 1 nitrogen and oxygen atoms in total. The van der Waals surface area contributed by atoms with E-state index in [0.717, 1.165) is 0 Å². The van der Waals surface area contributed by atoms with Gasteiger partial charge >= 0.3 is 27.2 Å². The molecule has 0 amide bonds. The molecule has 0 saturated heterocycles. The van der Waals surface area contributed by atoms with Gasteiger partial charge in [-0.05, 0) is 0 Å². The Morgan fingerprint density at radius 1 is 1.20 bits per heavy atom. The van der Waals surface area contributed by atoms with Crippen LogP contribution in [0.25, 0.3) is 0 Å². The van der Waals surface area contributed by atoms with Crippen LogP contribution >= 0.6 is 0 Å². The Kier molecular flexibility index (Phi) is 109. The van der Waals surface area contributed by atoms with Crippen molar-refractivity contribution < 1.29 is 136 Å². The first-order chi connectivity index (χ1) is 1.00. The van der Waals surface area contributed by atoms with Crippen LogP contribution in [0.5, 0.6) is 0 Å². The van der Waals surface area contributed by atoms with Gasteiger partial charge in [0.05, 0.1) is 0 Å². The van der Waals surface area contributed by atoms with Crippen LogP contribution in [0.15, 0.2) is 0 Å². The van der Waals surface area contributed by atoms with Crippen molar-refractivity contribution >= 4 is 0 Å². The average Bonchev–Trinajstić information content (AvgIpc) is 1.00. The Morgan fingerprint density at radius 2 is 1.20 bits per heavy atom. The summed E-state index contributed by atoms with van der Waals surface area (Å²) in [5.74, 6) is 0. The van der Waals surface area contributed by atoms with Crippen molar-refractivity contribution in [3.05, 3.63) is 0 Å². The molecule has 0 fully saturated rings. The standard InChI is InChI=1S/La.Nd.O.Sc.Y. The molecule has 0 unspecified atom stereocenters. The van der Waals surface area contributed by atoms with Crippen LogP contribution in [0.2, 0.25) is 0 Å². The molecule has 5 heavy (non-hydrogen) atoms. The van der Waals surface area contributed by atoms with Crippen LogP contribution in [-0.2, 0) is 59.9 Å². The minimum atomic E-state index is 0. The first kappa shape index (κ1) is 22.8. The summed E-state index contributed by atoms with van der Waals surface area (Å²) in [6.07, 6.45) is 0. The number of hydrogen-bond acceptors (Lipinski definition) is 1. The van der Waals surface area contributed by atoms with E-state index in [1.165, 1.54) is 0 Å². The van der Waals surface area contributed by atoms with Gasteiger partial charge < -0.3 is 0 Å². The topological polar surface area (TPSA) is 17.1 Å². The molecule has 5 heteroatoms. The summed E-state index contributed by atoms with van der Waals surface area (Å²) in [4.78, 5) is 0. The molecule has 0 bridgehead atoms. The molecule has 0 rings (SSSR count). The van der Waals surface area contributed by atoms with Crippen molar-refractivity contribution in [1.82, 2.24) is 0 Å². The van der Waals surface area contributed by atoms with E-state index in [4.69, 9.17) is 2.85 Å². The van der Waals surface area contributed by atoms with Gasteiger partial charge in [-0.3, -0.25) is 0 Å². The van der Waals surface area contributed by atoms with Crippen LogP contribution in [0.3, 0.4) is 0 Å². The van der Waals surface area contributed by atoms with E-state index in [1.807, 2.05) is 0 Å². The normalized spacial score (nSPS) is 1.20. The second kappa shape index (κ2) is 23.9. The van der Waals surface area contributed by atoms with Gasteiger partial charge in [0.1, 0.15) is 0 Å².